The SMILES string of the molecule is Cc1cccc(NC2(c3ccccc3)CCNC(O)C2)c1. The Balaban J connectivity index is 1.96. The number of hydrogen-bond donors (Lipinski definition) is 3. The first kappa shape index (κ1) is 14.1. The van der Waals surface area contributed by atoms with E-state index in [9.17, 15) is 5.11 Å². The molecule has 1 saturated heterocycles. The minimum atomic E-state index is -0.476. The topological polar surface area (TPSA) is 44.3 Å². The van der Waals surface area contributed by atoms with Crippen molar-refractivity contribution in [3.63, 3.8) is 0 Å². The van der Waals surface area contributed by atoms with Crippen molar-refractivity contribution in [1.82, 2.24) is 5.32 Å². The van der Waals surface area contributed by atoms with Crippen LogP contribution < -0.4 is 10.6 Å². The lowest BCUT2D eigenvalue weighted by molar-refractivity contribution is 0.0746. The van der Waals surface area contributed by atoms with Gasteiger partial charge in [-0.1, -0.05) is 42.5 Å². The van der Waals surface area contributed by atoms with Crippen molar-refractivity contribution in [1.29, 1.82) is 0 Å². The van der Waals surface area contributed by atoms with E-state index in [0.717, 1.165) is 18.7 Å². The molecule has 2 atom stereocenters. The highest BCUT2D eigenvalue weighted by Crippen LogP contribution is 2.36. The van der Waals surface area contributed by atoms with E-state index in [0.29, 0.717) is 6.42 Å². The Bertz CT molecular complexity index is 599. The summed E-state index contributed by atoms with van der Waals surface area (Å²) in [6, 6.07) is 18.8. The van der Waals surface area contributed by atoms with Crippen LogP contribution in [-0.2, 0) is 5.54 Å². The summed E-state index contributed by atoms with van der Waals surface area (Å²) in [7, 11) is 0. The fraction of sp³-hybridized carbons (Fsp3) is 0.333. The van der Waals surface area contributed by atoms with Crippen molar-refractivity contribution in [2.75, 3.05) is 11.9 Å². The van der Waals surface area contributed by atoms with Crippen LogP contribution >= 0.6 is 0 Å². The number of piperidine rings is 1. The summed E-state index contributed by atoms with van der Waals surface area (Å²) < 4.78 is 0. The highest BCUT2D eigenvalue weighted by atomic mass is 16.3. The van der Waals surface area contributed by atoms with Crippen molar-refractivity contribution < 1.29 is 5.11 Å². The van der Waals surface area contributed by atoms with Crippen molar-refractivity contribution >= 4 is 5.69 Å². The zero-order valence-corrected chi connectivity index (χ0v) is 12.3. The molecule has 21 heavy (non-hydrogen) atoms. The molecule has 110 valence electrons. The summed E-state index contributed by atoms with van der Waals surface area (Å²) in [5, 5.41) is 16.9. The summed E-state index contributed by atoms with van der Waals surface area (Å²) >= 11 is 0. The number of hydrogen-bond acceptors (Lipinski definition) is 3. The van der Waals surface area contributed by atoms with Crippen LogP contribution in [0.1, 0.15) is 24.0 Å². The second-order valence-electron chi connectivity index (χ2n) is 5.87. The molecule has 3 heteroatoms. The average molecular weight is 282 g/mol. The monoisotopic (exact) mass is 282 g/mol. The van der Waals surface area contributed by atoms with Crippen LogP contribution in [0.5, 0.6) is 0 Å². The molecule has 0 saturated carbocycles. The fourth-order valence-electron chi connectivity index (χ4n) is 3.16. The Morgan fingerprint density at radius 2 is 1.95 bits per heavy atom. The van der Waals surface area contributed by atoms with E-state index in [1.54, 1.807) is 0 Å². The normalized spacial score (nSPS) is 25.5. The first-order valence-electron chi connectivity index (χ1n) is 7.50. The number of aryl methyl sites for hydroxylation is 1. The number of rotatable bonds is 3. The van der Waals surface area contributed by atoms with Gasteiger partial charge in [0.2, 0.25) is 0 Å². The van der Waals surface area contributed by atoms with Crippen LogP contribution in [-0.4, -0.2) is 17.9 Å². The average Bonchev–Trinajstić information content (AvgIpc) is 2.48. The number of benzene rings is 2. The van der Waals surface area contributed by atoms with Gasteiger partial charge in [-0.15, -0.1) is 0 Å². The van der Waals surface area contributed by atoms with E-state index in [4.69, 9.17) is 0 Å². The van der Waals surface area contributed by atoms with E-state index >= 15 is 0 Å². The second kappa shape index (κ2) is 5.88. The first-order chi connectivity index (χ1) is 10.2. The third-order valence-corrected chi connectivity index (χ3v) is 4.20. The summed E-state index contributed by atoms with van der Waals surface area (Å²) in [6.45, 7) is 2.90. The summed E-state index contributed by atoms with van der Waals surface area (Å²) in [5.74, 6) is 0. The second-order valence-corrected chi connectivity index (χ2v) is 5.87. The molecule has 3 nitrogen and oxygen atoms in total. The van der Waals surface area contributed by atoms with E-state index in [2.05, 4.69) is 66.1 Å². The van der Waals surface area contributed by atoms with Gasteiger partial charge in [0, 0.05) is 18.7 Å². The molecule has 2 unspecified atom stereocenters. The Hall–Kier alpha value is -1.84. The van der Waals surface area contributed by atoms with Crippen LogP contribution in [0.4, 0.5) is 5.69 Å². The predicted molar refractivity (Wildman–Crippen MR) is 86.2 cm³/mol. The zero-order chi connectivity index (χ0) is 14.7. The standard InChI is InChI=1S/C18H22N2O/c1-14-6-5-9-16(12-14)20-18(10-11-19-17(21)13-18)15-7-3-2-4-8-15/h2-9,12,17,19-21H,10-11,13H2,1H3. The lowest BCUT2D eigenvalue weighted by Gasteiger charge is -2.42. The van der Waals surface area contributed by atoms with Crippen molar-refractivity contribution in [3.05, 3.63) is 65.7 Å². The van der Waals surface area contributed by atoms with Gasteiger partial charge in [-0.05, 0) is 36.6 Å². The maximum atomic E-state index is 10.1. The number of aliphatic hydroxyl groups excluding tert-OH is 1. The van der Waals surface area contributed by atoms with Gasteiger partial charge in [-0.3, -0.25) is 5.32 Å². The van der Waals surface area contributed by atoms with Crippen LogP contribution in [0, 0.1) is 6.92 Å². The van der Waals surface area contributed by atoms with Gasteiger partial charge in [0.25, 0.3) is 0 Å². The quantitative estimate of drug-likeness (QED) is 0.811. The smallest absolute Gasteiger partial charge is 0.107 e. The van der Waals surface area contributed by atoms with Gasteiger partial charge in [-0.2, -0.15) is 0 Å². The molecule has 0 spiro atoms. The third kappa shape index (κ3) is 3.09. The van der Waals surface area contributed by atoms with Gasteiger partial charge in [-0.25, -0.2) is 0 Å². The number of aliphatic hydroxyl groups is 1. The molecule has 1 aliphatic heterocycles. The summed E-state index contributed by atoms with van der Waals surface area (Å²) in [5.41, 5.74) is 3.34. The molecule has 2 aromatic carbocycles. The lowest BCUT2D eigenvalue weighted by atomic mass is 9.80. The molecule has 2 aromatic rings. The van der Waals surface area contributed by atoms with E-state index in [1.807, 2.05) is 6.07 Å². The highest BCUT2D eigenvalue weighted by molar-refractivity contribution is 5.50. The molecule has 1 heterocycles. The molecule has 3 rings (SSSR count). The Labute approximate surface area is 126 Å². The van der Waals surface area contributed by atoms with Crippen molar-refractivity contribution in [2.24, 2.45) is 0 Å². The van der Waals surface area contributed by atoms with Gasteiger partial charge < -0.3 is 10.4 Å². The minimum Gasteiger partial charge on any atom is -0.379 e. The third-order valence-electron chi connectivity index (χ3n) is 4.20. The molecule has 3 N–H and O–H groups in total. The number of anilines is 1. The zero-order valence-electron chi connectivity index (χ0n) is 12.3. The van der Waals surface area contributed by atoms with Gasteiger partial charge >= 0.3 is 0 Å². The molecule has 0 radical (unpaired) electrons. The Morgan fingerprint density at radius 1 is 1.14 bits per heavy atom. The molecule has 0 aromatic heterocycles. The van der Waals surface area contributed by atoms with Gasteiger partial charge in [0.15, 0.2) is 0 Å². The fourth-order valence-corrected chi connectivity index (χ4v) is 3.16. The largest absolute Gasteiger partial charge is 0.379 e. The van der Waals surface area contributed by atoms with Crippen LogP contribution in [0.3, 0.4) is 0 Å². The summed E-state index contributed by atoms with van der Waals surface area (Å²) in [6.07, 6.45) is 1.13. The van der Waals surface area contributed by atoms with Crippen LogP contribution in [0.2, 0.25) is 0 Å². The number of nitrogens with one attached hydrogen (secondary N) is 2. The van der Waals surface area contributed by atoms with Crippen molar-refractivity contribution in [2.45, 2.75) is 31.5 Å². The van der Waals surface area contributed by atoms with Crippen LogP contribution in [0.15, 0.2) is 54.6 Å². The minimum absolute atomic E-state index is 0.223. The molecule has 0 amide bonds. The van der Waals surface area contributed by atoms with E-state index in [1.165, 1.54) is 11.1 Å². The highest BCUT2D eigenvalue weighted by Gasteiger charge is 2.37. The molecular formula is C18H22N2O. The van der Waals surface area contributed by atoms with Crippen molar-refractivity contribution in [3.8, 4) is 0 Å². The molecule has 0 bridgehead atoms. The van der Waals surface area contributed by atoms with E-state index < -0.39 is 6.23 Å². The molecule has 0 aliphatic carbocycles. The van der Waals surface area contributed by atoms with E-state index in [-0.39, 0.29) is 5.54 Å². The maximum Gasteiger partial charge on any atom is 0.107 e. The molecule has 1 fully saturated rings. The first-order valence-corrected chi connectivity index (χ1v) is 7.50. The maximum absolute atomic E-state index is 10.1. The Morgan fingerprint density at radius 3 is 2.67 bits per heavy atom. The van der Waals surface area contributed by atoms with Gasteiger partial charge in [0.05, 0.1) is 5.54 Å². The summed E-state index contributed by atoms with van der Waals surface area (Å²) in [4.78, 5) is 0. The molecular weight excluding hydrogens is 260 g/mol. The predicted octanol–water partition coefficient (Wildman–Crippen LogP) is 3.00. The molecule has 1 aliphatic rings. The van der Waals surface area contributed by atoms with Crippen LogP contribution in [0.25, 0.3) is 0 Å². The lowest BCUT2D eigenvalue weighted by Crippen LogP contribution is -2.50. The Kier molecular flexibility index (Phi) is 3.95. The van der Waals surface area contributed by atoms with Gasteiger partial charge in [0.1, 0.15) is 6.23 Å².